The number of imidazole rings is 3. The van der Waals surface area contributed by atoms with Crippen molar-refractivity contribution in [2.75, 3.05) is 70.6 Å². The maximum absolute atomic E-state index is 12.5. The average molecular weight is 1430 g/mol. The van der Waals surface area contributed by atoms with E-state index in [9.17, 15) is 14.7 Å². The second-order valence-electron chi connectivity index (χ2n) is 28.6. The van der Waals surface area contributed by atoms with Crippen molar-refractivity contribution in [1.29, 1.82) is 0 Å². The molecule has 3 amide bonds. The molecule has 22 nitrogen and oxygen atoms in total. The Morgan fingerprint density at radius 3 is 1.22 bits per heavy atom. The molecule has 0 spiro atoms. The number of carbonyl (C=O) groups excluding carboxylic acids is 2. The lowest BCUT2D eigenvalue weighted by Crippen LogP contribution is -2.44. The van der Waals surface area contributed by atoms with Crippen LogP contribution in [0.4, 0.5) is 22.2 Å². The number of nitrogens with zero attached hydrogens (tertiary/aromatic N) is 15. The maximum atomic E-state index is 12.5. The summed E-state index contributed by atoms with van der Waals surface area (Å²) in [5, 5.41) is 15.9. The SMILES string of the molecule is CCNC(=O)N1CCC(Cc2nc(-c3ccc4ccc(-c5ccccc5)nc4c3)c3c(N)nccn23)CC1.CN(C)CC(=O)N1CCC(Cc2nc(-c3ccc4ccc(-c5ccccc5)nc4c3)c3c(N)nccn23)CC1.Nc1nccn2c(C3CC(O)C3)nc(-c3ccc4ccc(-c5ccccc5)nc4c3)c12. The molecule has 6 aromatic carbocycles. The Bertz CT molecular complexity index is 5780. The van der Waals surface area contributed by atoms with Crippen LogP contribution in [0.2, 0.25) is 0 Å². The zero-order valence-electron chi connectivity index (χ0n) is 60.7. The Kier molecular flexibility index (Phi) is 19.7. The number of piperidine rings is 2. The fourth-order valence-corrected chi connectivity index (χ4v) is 15.3. The number of amides is 3. The van der Waals surface area contributed by atoms with Crippen LogP contribution in [0.15, 0.2) is 219 Å². The first-order valence-corrected chi connectivity index (χ1v) is 37.1. The number of hydrogen-bond donors (Lipinski definition) is 5. The molecule has 542 valence electrons. The normalized spacial score (nSPS) is 15.5. The predicted molar refractivity (Wildman–Crippen MR) is 427 cm³/mol. The van der Waals surface area contributed by atoms with Crippen molar-refractivity contribution in [3.63, 3.8) is 0 Å². The monoisotopic (exact) mass is 1430 g/mol. The summed E-state index contributed by atoms with van der Waals surface area (Å²) >= 11 is 0. The molecule has 3 aliphatic rings. The Morgan fingerprint density at radius 2 is 0.833 bits per heavy atom. The van der Waals surface area contributed by atoms with E-state index in [2.05, 4.69) is 150 Å². The number of carbonyl (C=O) groups is 2. The maximum Gasteiger partial charge on any atom is 0.317 e. The number of likely N-dealkylation sites (tertiary alicyclic amines) is 2. The number of pyridine rings is 3. The molecule has 8 N–H and O–H groups in total. The molecule has 0 atom stereocenters. The highest BCUT2D eigenvalue weighted by Crippen LogP contribution is 2.41. The van der Waals surface area contributed by atoms with Crippen LogP contribution < -0.4 is 22.5 Å². The van der Waals surface area contributed by atoms with Gasteiger partial charge in [0.25, 0.3) is 0 Å². The molecular formula is C86H85N19O3. The predicted octanol–water partition coefficient (Wildman–Crippen LogP) is 14.1. The summed E-state index contributed by atoms with van der Waals surface area (Å²) in [6.07, 6.45) is 17.6. The fraction of sp³-hybridized carbons (Fsp3) is 0.244. The van der Waals surface area contributed by atoms with Gasteiger partial charge in [-0.3, -0.25) is 18.0 Å². The van der Waals surface area contributed by atoms with Gasteiger partial charge in [0.2, 0.25) is 5.91 Å². The molecule has 9 aromatic heterocycles. The lowest BCUT2D eigenvalue weighted by atomic mass is 9.82. The molecule has 0 unspecified atom stereocenters. The number of nitrogens with one attached hydrogen (secondary N) is 1. The highest BCUT2D eigenvalue weighted by atomic mass is 16.3. The van der Waals surface area contributed by atoms with Crippen LogP contribution in [0.5, 0.6) is 0 Å². The van der Waals surface area contributed by atoms with Crippen molar-refractivity contribution in [3.8, 4) is 67.5 Å². The molecule has 11 heterocycles. The van der Waals surface area contributed by atoms with Gasteiger partial charge >= 0.3 is 6.03 Å². The first-order valence-electron chi connectivity index (χ1n) is 37.1. The van der Waals surface area contributed by atoms with E-state index in [-0.39, 0.29) is 24.0 Å². The molecule has 0 bridgehead atoms. The Morgan fingerprint density at radius 1 is 0.463 bits per heavy atom. The van der Waals surface area contributed by atoms with Crippen molar-refractivity contribution < 1.29 is 14.7 Å². The number of nitrogen functional groups attached to an aromatic ring is 3. The summed E-state index contributed by atoms with van der Waals surface area (Å²) in [6, 6.07) is 61.8. The van der Waals surface area contributed by atoms with Gasteiger partial charge in [-0.25, -0.2) is 49.7 Å². The van der Waals surface area contributed by atoms with Gasteiger partial charge in [-0.05, 0) is 108 Å². The molecule has 2 saturated heterocycles. The standard InChI is InChI=1S/C31H33N7O.C30H31N7O.C25H21N5O/c1-36(2)20-28(39)37-15-12-21(13-16-37)18-27-35-29(30-31(32)33-14-17-38(27)30)24-9-8-23-10-11-25(34-26(23)19-24)22-6-4-3-5-7-22;1-2-32-30(38)36-15-12-20(13-16-36)18-26-35-27(28-29(31)33-14-17-37(26)28)23-9-8-22-10-11-24(34-25(22)19-23)21-6-4-3-5-7-21;26-24-23-22(29-25(18-12-19(31)13-18)30(23)11-10-27-24)17-7-6-16-8-9-20(28-21(16)14-17)15-4-2-1-3-5-15/h3-11,14,17,19,21H,12-13,15-16,18,20H2,1-2H3,(H2,32,33);3-11,14,17,19-20H,2,12-13,15-16,18H2,1H3,(H2,31,33)(H,32,38);1-11,14,18-19,31H,12-13H2,(H2,26,27). The molecule has 1 aliphatic carbocycles. The van der Waals surface area contributed by atoms with Crippen LogP contribution in [0, 0.1) is 11.8 Å². The quantitative estimate of drug-likeness (QED) is 0.0676. The van der Waals surface area contributed by atoms with E-state index in [4.69, 9.17) is 47.1 Å². The molecule has 18 rings (SSSR count). The molecule has 3 fully saturated rings. The highest BCUT2D eigenvalue weighted by molar-refractivity contribution is 5.95. The average Bonchev–Trinajstić information content (AvgIpc) is 1.58. The minimum absolute atomic E-state index is 0.0266. The smallest absolute Gasteiger partial charge is 0.317 e. The van der Waals surface area contributed by atoms with Crippen LogP contribution in [-0.2, 0) is 17.6 Å². The zero-order valence-corrected chi connectivity index (χ0v) is 60.7. The summed E-state index contributed by atoms with van der Waals surface area (Å²) in [5.74, 6) is 5.54. The third-order valence-corrected chi connectivity index (χ3v) is 21.1. The largest absolute Gasteiger partial charge is 0.393 e. The number of likely N-dealkylation sites (N-methyl/N-ethyl adjacent to an activating group) is 1. The lowest BCUT2D eigenvalue weighted by Gasteiger charge is -2.32. The lowest BCUT2D eigenvalue weighted by molar-refractivity contribution is -0.133. The summed E-state index contributed by atoms with van der Waals surface area (Å²) in [5.41, 5.74) is 35.6. The Balaban J connectivity index is 0.000000124. The number of anilines is 3. The third-order valence-electron chi connectivity index (χ3n) is 21.1. The van der Waals surface area contributed by atoms with Gasteiger partial charge in [-0.1, -0.05) is 146 Å². The minimum atomic E-state index is -0.249. The first-order chi connectivity index (χ1) is 52.7. The Hall–Kier alpha value is -12.5. The topological polar surface area (TPSA) is 283 Å². The minimum Gasteiger partial charge on any atom is -0.393 e. The second kappa shape index (κ2) is 30.5. The van der Waals surface area contributed by atoms with E-state index in [1.807, 2.05) is 119 Å². The zero-order chi connectivity index (χ0) is 73.9. The van der Waals surface area contributed by atoms with E-state index in [0.717, 1.165) is 212 Å². The number of aliphatic hydroxyl groups excluding tert-OH is 1. The van der Waals surface area contributed by atoms with Crippen LogP contribution in [0.25, 0.3) is 117 Å². The number of benzene rings is 6. The van der Waals surface area contributed by atoms with Crippen LogP contribution in [0.1, 0.15) is 68.8 Å². The number of nitrogens with two attached hydrogens (primary N) is 3. The van der Waals surface area contributed by atoms with Crippen molar-refractivity contribution in [1.82, 2.24) is 78.1 Å². The fourth-order valence-electron chi connectivity index (χ4n) is 15.3. The third kappa shape index (κ3) is 14.5. The van der Waals surface area contributed by atoms with Crippen molar-refractivity contribution in [2.24, 2.45) is 11.8 Å². The molecule has 108 heavy (non-hydrogen) atoms. The van der Waals surface area contributed by atoms with Gasteiger partial charge in [0.1, 0.15) is 68.6 Å². The molecule has 22 heteroatoms. The van der Waals surface area contributed by atoms with Crippen LogP contribution >= 0.6 is 0 Å². The molecule has 1 saturated carbocycles. The van der Waals surface area contributed by atoms with Crippen molar-refractivity contribution >= 4 is 78.7 Å². The van der Waals surface area contributed by atoms with Crippen molar-refractivity contribution in [3.05, 3.63) is 237 Å². The van der Waals surface area contributed by atoms with E-state index < -0.39 is 0 Å². The molecule has 15 aromatic rings. The van der Waals surface area contributed by atoms with Gasteiger partial charge in [0.05, 0.1) is 46.3 Å². The highest BCUT2D eigenvalue weighted by Gasteiger charge is 2.34. The summed E-state index contributed by atoms with van der Waals surface area (Å²) < 4.78 is 6.18. The number of aliphatic hydroxyl groups is 1. The van der Waals surface area contributed by atoms with E-state index in [0.29, 0.717) is 42.4 Å². The number of rotatable bonds is 14. The molecule has 2 aliphatic heterocycles. The molecule has 0 radical (unpaired) electrons. The van der Waals surface area contributed by atoms with Crippen molar-refractivity contribution in [2.45, 2.75) is 70.3 Å². The van der Waals surface area contributed by atoms with Gasteiger partial charge in [-0.15, -0.1) is 0 Å². The number of urea groups is 1. The summed E-state index contributed by atoms with van der Waals surface area (Å²) in [7, 11) is 3.86. The number of hydrogen-bond acceptors (Lipinski definition) is 16. The molecular weight excluding hydrogens is 1350 g/mol. The van der Waals surface area contributed by atoms with Gasteiger partial charge in [0, 0.05) is 138 Å². The van der Waals surface area contributed by atoms with Crippen LogP contribution in [-0.4, -0.2) is 149 Å². The second-order valence-corrected chi connectivity index (χ2v) is 28.6. The number of fused-ring (bicyclic) bond motifs is 6. The number of aromatic nitrogens is 12. The first kappa shape index (κ1) is 69.8. The Labute approximate surface area is 625 Å². The van der Waals surface area contributed by atoms with E-state index in [1.54, 1.807) is 18.6 Å². The van der Waals surface area contributed by atoms with E-state index >= 15 is 0 Å². The summed E-state index contributed by atoms with van der Waals surface area (Å²) in [6.45, 7) is 6.15. The van der Waals surface area contributed by atoms with Crippen LogP contribution in [0.3, 0.4) is 0 Å². The summed E-state index contributed by atoms with van der Waals surface area (Å²) in [4.78, 5) is 73.5. The van der Waals surface area contributed by atoms with Gasteiger partial charge < -0.3 is 42.3 Å². The van der Waals surface area contributed by atoms with E-state index in [1.165, 1.54) is 0 Å². The van der Waals surface area contributed by atoms with Gasteiger partial charge in [-0.2, -0.15) is 0 Å². The van der Waals surface area contributed by atoms with Gasteiger partial charge in [0.15, 0.2) is 0 Å².